The van der Waals surface area contributed by atoms with Crippen LogP contribution in [0, 0.1) is 17.1 Å². The lowest BCUT2D eigenvalue weighted by atomic mass is 10.2. The van der Waals surface area contributed by atoms with Crippen molar-refractivity contribution in [2.75, 3.05) is 5.73 Å². The summed E-state index contributed by atoms with van der Waals surface area (Å²) in [7, 11) is 0. The first kappa shape index (κ1) is 12.4. The summed E-state index contributed by atoms with van der Waals surface area (Å²) in [5, 5.41) is 8.73. The van der Waals surface area contributed by atoms with Gasteiger partial charge in [0.05, 0.1) is 21.8 Å². The summed E-state index contributed by atoms with van der Waals surface area (Å²) in [6.07, 6.45) is 0. The smallest absolute Gasteiger partial charge is 0.149 e. The molecular weight excluding hydrogens is 299 g/mol. The van der Waals surface area contributed by atoms with Crippen LogP contribution < -0.4 is 10.5 Å². The lowest BCUT2D eigenvalue weighted by molar-refractivity contribution is 0.474. The first-order chi connectivity index (χ1) is 8.60. The molecule has 0 saturated heterocycles. The van der Waals surface area contributed by atoms with Crippen LogP contribution in [0.15, 0.2) is 40.9 Å². The third kappa shape index (κ3) is 2.60. The van der Waals surface area contributed by atoms with Crippen molar-refractivity contribution in [3.63, 3.8) is 0 Å². The van der Waals surface area contributed by atoms with Crippen LogP contribution in [0.5, 0.6) is 11.5 Å². The van der Waals surface area contributed by atoms with Gasteiger partial charge in [-0.1, -0.05) is 0 Å². The van der Waals surface area contributed by atoms with Gasteiger partial charge in [-0.3, -0.25) is 0 Å². The SMILES string of the molecule is N#Cc1ccc(Oc2ccc(N)c(F)c2)c(Br)c1. The molecule has 0 bridgehead atoms. The Kier molecular flexibility index (Phi) is 3.49. The molecule has 0 atom stereocenters. The first-order valence-corrected chi connectivity index (χ1v) is 5.82. The van der Waals surface area contributed by atoms with E-state index in [0.29, 0.717) is 21.5 Å². The summed E-state index contributed by atoms with van der Waals surface area (Å²) in [6.45, 7) is 0. The minimum atomic E-state index is -0.530. The third-order valence-electron chi connectivity index (χ3n) is 2.26. The van der Waals surface area contributed by atoms with E-state index in [1.807, 2.05) is 6.07 Å². The van der Waals surface area contributed by atoms with Crippen molar-refractivity contribution in [3.05, 3.63) is 52.3 Å². The number of nitrogens with two attached hydrogens (primary N) is 1. The Bertz CT molecular complexity index is 637. The van der Waals surface area contributed by atoms with Crippen LogP contribution in [0.4, 0.5) is 10.1 Å². The second-order valence-corrected chi connectivity index (χ2v) is 4.40. The number of halogens is 2. The molecule has 0 amide bonds. The lowest BCUT2D eigenvalue weighted by Crippen LogP contribution is -1.92. The monoisotopic (exact) mass is 306 g/mol. The van der Waals surface area contributed by atoms with Crippen molar-refractivity contribution in [1.29, 1.82) is 5.26 Å². The number of ether oxygens (including phenoxy) is 1. The molecule has 2 rings (SSSR count). The Morgan fingerprint density at radius 3 is 2.61 bits per heavy atom. The number of nitrogens with zero attached hydrogens (tertiary/aromatic N) is 1. The molecule has 0 unspecified atom stereocenters. The Balaban J connectivity index is 2.29. The Morgan fingerprint density at radius 2 is 2.00 bits per heavy atom. The molecular formula is C13H8BrFN2O. The van der Waals surface area contributed by atoms with Gasteiger partial charge in [-0.25, -0.2) is 4.39 Å². The average molecular weight is 307 g/mol. The largest absolute Gasteiger partial charge is 0.456 e. The number of anilines is 1. The van der Waals surface area contributed by atoms with Crippen LogP contribution in [0.2, 0.25) is 0 Å². The zero-order valence-corrected chi connectivity index (χ0v) is 10.7. The summed E-state index contributed by atoms with van der Waals surface area (Å²) in [5.74, 6) is 0.308. The maximum Gasteiger partial charge on any atom is 0.149 e. The van der Waals surface area contributed by atoms with Crippen LogP contribution in [-0.4, -0.2) is 0 Å². The Morgan fingerprint density at radius 1 is 1.22 bits per heavy atom. The van der Waals surface area contributed by atoms with E-state index < -0.39 is 5.82 Å². The normalized spacial score (nSPS) is 9.83. The highest BCUT2D eigenvalue weighted by Crippen LogP contribution is 2.31. The van der Waals surface area contributed by atoms with E-state index in [0.717, 1.165) is 0 Å². The predicted octanol–water partition coefficient (Wildman–Crippen LogP) is 3.83. The molecule has 0 heterocycles. The second kappa shape index (κ2) is 5.07. The summed E-state index contributed by atoms with van der Waals surface area (Å²) in [4.78, 5) is 0. The van der Waals surface area contributed by atoms with Gasteiger partial charge >= 0.3 is 0 Å². The minimum absolute atomic E-state index is 0.0706. The highest BCUT2D eigenvalue weighted by molar-refractivity contribution is 9.10. The van der Waals surface area contributed by atoms with E-state index in [1.54, 1.807) is 24.3 Å². The quantitative estimate of drug-likeness (QED) is 0.858. The maximum absolute atomic E-state index is 13.2. The molecule has 2 aromatic carbocycles. The van der Waals surface area contributed by atoms with Crippen molar-refractivity contribution in [2.45, 2.75) is 0 Å². The number of benzene rings is 2. The molecule has 2 aromatic rings. The molecule has 0 aliphatic heterocycles. The topological polar surface area (TPSA) is 59.0 Å². The van der Waals surface area contributed by atoms with Crippen molar-refractivity contribution in [2.24, 2.45) is 0 Å². The molecule has 0 saturated carbocycles. The molecule has 3 nitrogen and oxygen atoms in total. The molecule has 0 aliphatic carbocycles. The van der Waals surface area contributed by atoms with E-state index >= 15 is 0 Å². The molecule has 0 aliphatic rings. The summed E-state index contributed by atoms with van der Waals surface area (Å²) < 4.78 is 19.4. The molecule has 18 heavy (non-hydrogen) atoms. The summed E-state index contributed by atoms with van der Waals surface area (Å²) in [5.41, 5.74) is 5.96. The van der Waals surface area contributed by atoms with Gasteiger partial charge in [-0.2, -0.15) is 5.26 Å². The van der Waals surface area contributed by atoms with E-state index in [1.165, 1.54) is 12.1 Å². The van der Waals surface area contributed by atoms with Gasteiger partial charge in [0.25, 0.3) is 0 Å². The van der Waals surface area contributed by atoms with Gasteiger partial charge in [-0.05, 0) is 46.3 Å². The third-order valence-corrected chi connectivity index (χ3v) is 2.88. The number of hydrogen-bond acceptors (Lipinski definition) is 3. The zero-order valence-electron chi connectivity index (χ0n) is 9.15. The van der Waals surface area contributed by atoms with Crippen molar-refractivity contribution in [3.8, 4) is 17.6 Å². The summed E-state index contributed by atoms with van der Waals surface area (Å²) in [6, 6.07) is 11.1. The standard InChI is InChI=1S/C13H8BrFN2O/c14-10-5-8(7-16)1-4-13(10)18-9-2-3-12(17)11(15)6-9/h1-6H,17H2. The maximum atomic E-state index is 13.2. The first-order valence-electron chi connectivity index (χ1n) is 5.02. The number of hydrogen-bond donors (Lipinski definition) is 1. The minimum Gasteiger partial charge on any atom is -0.456 e. The number of nitriles is 1. The van der Waals surface area contributed by atoms with Gasteiger partial charge in [0.2, 0.25) is 0 Å². The van der Waals surface area contributed by atoms with Gasteiger partial charge < -0.3 is 10.5 Å². The molecule has 90 valence electrons. The summed E-state index contributed by atoms with van der Waals surface area (Å²) >= 11 is 3.28. The van der Waals surface area contributed by atoms with Gasteiger partial charge in [-0.15, -0.1) is 0 Å². The van der Waals surface area contributed by atoms with Gasteiger partial charge in [0, 0.05) is 6.07 Å². The molecule has 0 aromatic heterocycles. The van der Waals surface area contributed by atoms with Crippen molar-refractivity contribution >= 4 is 21.6 Å². The van der Waals surface area contributed by atoms with Crippen LogP contribution >= 0.6 is 15.9 Å². The van der Waals surface area contributed by atoms with Crippen molar-refractivity contribution in [1.82, 2.24) is 0 Å². The van der Waals surface area contributed by atoms with E-state index in [9.17, 15) is 4.39 Å². The van der Waals surface area contributed by atoms with E-state index in [4.69, 9.17) is 15.7 Å². The molecule has 0 spiro atoms. The molecule has 2 N–H and O–H groups in total. The molecule has 0 radical (unpaired) electrons. The van der Waals surface area contributed by atoms with E-state index in [-0.39, 0.29) is 5.69 Å². The fourth-order valence-corrected chi connectivity index (χ4v) is 1.81. The molecule has 0 fully saturated rings. The number of nitrogen functional groups attached to an aromatic ring is 1. The van der Waals surface area contributed by atoms with Crippen LogP contribution in [0.25, 0.3) is 0 Å². The predicted molar refractivity (Wildman–Crippen MR) is 69.7 cm³/mol. The van der Waals surface area contributed by atoms with Gasteiger partial charge in [0.1, 0.15) is 17.3 Å². The fourth-order valence-electron chi connectivity index (χ4n) is 1.35. The van der Waals surface area contributed by atoms with Crippen LogP contribution in [0.1, 0.15) is 5.56 Å². The average Bonchev–Trinajstić information content (AvgIpc) is 2.36. The fraction of sp³-hybridized carbons (Fsp3) is 0. The second-order valence-electron chi connectivity index (χ2n) is 3.54. The van der Waals surface area contributed by atoms with Crippen LogP contribution in [-0.2, 0) is 0 Å². The van der Waals surface area contributed by atoms with Gasteiger partial charge in [0.15, 0.2) is 0 Å². The Labute approximate surface area is 112 Å². The Hall–Kier alpha value is -2.06. The highest BCUT2D eigenvalue weighted by Gasteiger charge is 2.06. The van der Waals surface area contributed by atoms with Crippen LogP contribution in [0.3, 0.4) is 0 Å². The van der Waals surface area contributed by atoms with Crippen molar-refractivity contribution < 1.29 is 9.13 Å². The van der Waals surface area contributed by atoms with E-state index in [2.05, 4.69) is 15.9 Å². The molecule has 5 heteroatoms. The number of rotatable bonds is 2. The highest BCUT2D eigenvalue weighted by atomic mass is 79.9. The lowest BCUT2D eigenvalue weighted by Gasteiger charge is -2.08. The zero-order chi connectivity index (χ0) is 13.1.